The number of nitrogens with two attached hydrogens (primary N) is 1. The first-order valence-corrected chi connectivity index (χ1v) is 6.89. The van der Waals surface area contributed by atoms with Crippen LogP contribution in [0, 0.1) is 11.3 Å². The van der Waals surface area contributed by atoms with Gasteiger partial charge in [0.2, 0.25) is 0 Å². The molecular formula is C14H25N3O. The third-order valence-corrected chi connectivity index (χ3v) is 4.67. The van der Waals surface area contributed by atoms with Gasteiger partial charge in [0.1, 0.15) is 11.4 Å². The zero-order chi connectivity index (χ0) is 13.7. The van der Waals surface area contributed by atoms with Crippen LogP contribution in [-0.4, -0.2) is 28.3 Å². The van der Waals surface area contributed by atoms with E-state index >= 15 is 0 Å². The topological polar surface area (TPSA) is 58.7 Å². The van der Waals surface area contributed by atoms with Crippen molar-refractivity contribution >= 4 is 11.9 Å². The van der Waals surface area contributed by atoms with E-state index in [1.165, 1.54) is 0 Å². The highest BCUT2D eigenvalue weighted by Gasteiger charge is 2.56. The first-order valence-electron chi connectivity index (χ1n) is 6.89. The van der Waals surface area contributed by atoms with Crippen LogP contribution in [0.5, 0.6) is 0 Å². The largest absolute Gasteiger partial charge is 0.385 e. The van der Waals surface area contributed by atoms with Crippen molar-refractivity contribution in [2.24, 2.45) is 22.1 Å². The Morgan fingerprint density at radius 1 is 1.39 bits per heavy atom. The molecule has 4 heteroatoms. The summed E-state index contributed by atoms with van der Waals surface area (Å²) in [6.07, 6.45) is 3.10. The molecule has 1 aliphatic carbocycles. The molecular weight excluding hydrogens is 226 g/mol. The van der Waals surface area contributed by atoms with Gasteiger partial charge in [0.05, 0.1) is 0 Å². The summed E-state index contributed by atoms with van der Waals surface area (Å²) in [5.74, 6) is 0.892. The summed E-state index contributed by atoms with van der Waals surface area (Å²) in [5.41, 5.74) is 6.13. The fraction of sp³-hybridized carbons (Fsp3) is 0.857. The second-order valence-corrected chi connectivity index (χ2v) is 6.94. The molecule has 2 rings (SSSR count). The van der Waals surface area contributed by atoms with Gasteiger partial charge in [-0.25, -0.2) is 4.79 Å². The van der Waals surface area contributed by atoms with Crippen molar-refractivity contribution in [1.29, 1.82) is 0 Å². The number of carbonyl (C=O) groups excluding carboxylic acids is 1. The maximum absolute atomic E-state index is 12.1. The second kappa shape index (κ2) is 3.97. The predicted octanol–water partition coefficient (Wildman–Crippen LogP) is 2.77. The Labute approximate surface area is 110 Å². The highest BCUT2D eigenvalue weighted by atomic mass is 16.2. The van der Waals surface area contributed by atoms with E-state index in [0.717, 1.165) is 19.3 Å². The molecule has 0 bridgehead atoms. The number of nitrogens with zero attached hydrogens (tertiary/aromatic N) is 2. The van der Waals surface area contributed by atoms with E-state index in [0.29, 0.717) is 17.2 Å². The van der Waals surface area contributed by atoms with Crippen molar-refractivity contribution in [3.63, 3.8) is 0 Å². The van der Waals surface area contributed by atoms with Gasteiger partial charge in [-0.1, -0.05) is 20.8 Å². The summed E-state index contributed by atoms with van der Waals surface area (Å²) in [6, 6.07) is -0.0139. The molecule has 0 radical (unpaired) electrons. The molecule has 0 aromatic rings. The van der Waals surface area contributed by atoms with Gasteiger partial charge in [-0.05, 0) is 44.4 Å². The lowest BCUT2D eigenvalue weighted by Gasteiger charge is -2.51. The van der Waals surface area contributed by atoms with Gasteiger partial charge in [0.15, 0.2) is 0 Å². The van der Waals surface area contributed by atoms with E-state index in [9.17, 15) is 4.79 Å². The van der Waals surface area contributed by atoms with E-state index in [1.54, 1.807) is 0 Å². The van der Waals surface area contributed by atoms with Gasteiger partial charge in [-0.2, -0.15) is 4.99 Å². The summed E-state index contributed by atoms with van der Waals surface area (Å²) in [6.45, 7) is 10.9. The van der Waals surface area contributed by atoms with Crippen LogP contribution < -0.4 is 5.73 Å². The standard InChI is InChI=1S/C14H25N3O/c1-9(2)17-12(18)16-11(15)14(17)7-6-13(4,5)8-10(14)3/h9-10H,6-8H2,1-5H3,(H2,15,16,18). The highest BCUT2D eigenvalue weighted by molar-refractivity contribution is 6.06. The van der Waals surface area contributed by atoms with Crippen molar-refractivity contribution < 1.29 is 4.79 Å². The molecule has 2 aliphatic rings. The van der Waals surface area contributed by atoms with Crippen molar-refractivity contribution in [3.05, 3.63) is 0 Å². The van der Waals surface area contributed by atoms with Crippen LogP contribution in [0.2, 0.25) is 0 Å². The zero-order valence-electron chi connectivity index (χ0n) is 12.2. The minimum Gasteiger partial charge on any atom is -0.385 e. The van der Waals surface area contributed by atoms with Crippen molar-refractivity contribution in [2.75, 3.05) is 0 Å². The highest BCUT2D eigenvalue weighted by Crippen LogP contribution is 2.49. The zero-order valence-corrected chi connectivity index (χ0v) is 12.2. The molecule has 1 spiro atoms. The molecule has 2 N–H and O–H groups in total. The lowest BCUT2D eigenvalue weighted by molar-refractivity contribution is 0.0366. The van der Waals surface area contributed by atoms with Gasteiger partial charge >= 0.3 is 6.03 Å². The Morgan fingerprint density at radius 2 is 2.00 bits per heavy atom. The first-order chi connectivity index (χ1) is 8.20. The van der Waals surface area contributed by atoms with Crippen LogP contribution in [0.4, 0.5) is 4.79 Å². The smallest absolute Gasteiger partial charge is 0.346 e. The number of amidine groups is 1. The van der Waals surface area contributed by atoms with E-state index in [4.69, 9.17) is 5.73 Å². The molecule has 2 amide bonds. The molecule has 2 atom stereocenters. The molecule has 1 aliphatic heterocycles. The fourth-order valence-electron chi connectivity index (χ4n) is 3.84. The molecule has 0 saturated heterocycles. The third-order valence-electron chi connectivity index (χ3n) is 4.67. The van der Waals surface area contributed by atoms with Crippen molar-refractivity contribution in [3.8, 4) is 0 Å². The Bertz CT molecular complexity index is 400. The average molecular weight is 251 g/mol. The van der Waals surface area contributed by atoms with Crippen LogP contribution in [0.15, 0.2) is 4.99 Å². The van der Waals surface area contributed by atoms with Crippen molar-refractivity contribution in [2.45, 2.75) is 65.5 Å². The maximum Gasteiger partial charge on any atom is 0.346 e. The number of hydrogen-bond acceptors (Lipinski definition) is 2. The van der Waals surface area contributed by atoms with Crippen LogP contribution in [-0.2, 0) is 0 Å². The summed E-state index contributed by atoms with van der Waals surface area (Å²) >= 11 is 0. The Hall–Kier alpha value is -1.06. The molecule has 1 saturated carbocycles. The number of carbonyl (C=O) groups is 1. The number of hydrogen-bond donors (Lipinski definition) is 1. The van der Waals surface area contributed by atoms with Crippen LogP contribution in [0.1, 0.15) is 53.9 Å². The molecule has 102 valence electrons. The van der Waals surface area contributed by atoms with Crippen LogP contribution in [0.3, 0.4) is 0 Å². The molecule has 0 aromatic heterocycles. The fourth-order valence-corrected chi connectivity index (χ4v) is 3.84. The third kappa shape index (κ3) is 1.73. The first kappa shape index (κ1) is 13.4. The van der Waals surface area contributed by atoms with Gasteiger partial charge in [0, 0.05) is 6.04 Å². The van der Waals surface area contributed by atoms with Gasteiger partial charge in [-0.3, -0.25) is 0 Å². The van der Waals surface area contributed by atoms with E-state index in [1.807, 2.05) is 18.7 Å². The second-order valence-electron chi connectivity index (χ2n) is 6.94. The number of rotatable bonds is 1. The summed E-state index contributed by atoms with van der Waals surface area (Å²) < 4.78 is 0. The molecule has 2 unspecified atom stereocenters. The van der Waals surface area contributed by atoms with Crippen LogP contribution >= 0.6 is 0 Å². The summed E-state index contributed by atoms with van der Waals surface area (Å²) in [4.78, 5) is 18.0. The molecule has 1 heterocycles. The summed E-state index contributed by atoms with van der Waals surface area (Å²) in [5, 5.41) is 0. The minimum absolute atomic E-state index is 0.144. The molecule has 0 aromatic carbocycles. The normalized spacial score (nSPS) is 35.4. The number of urea groups is 1. The van der Waals surface area contributed by atoms with Crippen molar-refractivity contribution in [1.82, 2.24) is 4.90 Å². The van der Waals surface area contributed by atoms with E-state index < -0.39 is 0 Å². The minimum atomic E-state index is -0.333. The van der Waals surface area contributed by atoms with Crippen LogP contribution in [0.25, 0.3) is 0 Å². The Morgan fingerprint density at radius 3 is 2.50 bits per heavy atom. The number of amides is 2. The van der Waals surface area contributed by atoms with Gasteiger partial charge in [0.25, 0.3) is 0 Å². The van der Waals surface area contributed by atoms with Gasteiger partial charge in [-0.15, -0.1) is 0 Å². The monoisotopic (exact) mass is 251 g/mol. The quantitative estimate of drug-likeness (QED) is 0.779. The summed E-state index contributed by atoms with van der Waals surface area (Å²) in [7, 11) is 0. The SMILES string of the molecule is CC(C)N1C(=O)N=C(N)C12CCC(C)(C)CC2C. The Kier molecular flexibility index (Phi) is 2.95. The molecule has 18 heavy (non-hydrogen) atoms. The lowest BCUT2D eigenvalue weighted by Crippen LogP contribution is -2.63. The van der Waals surface area contributed by atoms with Gasteiger partial charge < -0.3 is 10.6 Å². The predicted molar refractivity (Wildman–Crippen MR) is 73.5 cm³/mol. The Balaban J connectivity index is 2.40. The maximum atomic E-state index is 12.1. The molecule has 4 nitrogen and oxygen atoms in total. The average Bonchev–Trinajstić information content (AvgIpc) is 2.45. The molecule has 1 fully saturated rings. The lowest BCUT2D eigenvalue weighted by atomic mass is 9.63. The van der Waals surface area contributed by atoms with E-state index in [-0.39, 0.29) is 17.6 Å². The van der Waals surface area contributed by atoms with E-state index in [2.05, 4.69) is 25.8 Å². The number of aliphatic imine (C=N–C) groups is 1.